The molecule has 0 fully saturated rings. The summed E-state index contributed by atoms with van der Waals surface area (Å²) in [4.78, 5) is 29.2. The Labute approximate surface area is 239 Å². The Morgan fingerprint density at radius 2 is 1.43 bits per heavy atom. The van der Waals surface area contributed by atoms with E-state index in [1.165, 1.54) is 4.90 Å². The highest BCUT2D eigenvalue weighted by atomic mass is 32.2. The van der Waals surface area contributed by atoms with Crippen molar-refractivity contribution in [2.45, 2.75) is 77.9 Å². The monoisotopic (exact) mass is 563 g/mol. The first-order valence-corrected chi connectivity index (χ1v) is 15.0. The first-order chi connectivity index (χ1) is 18.7. The van der Waals surface area contributed by atoms with Gasteiger partial charge in [0.2, 0.25) is 11.8 Å². The number of benzene rings is 3. The Morgan fingerprint density at radius 3 is 1.98 bits per heavy atom. The maximum absolute atomic E-state index is 14.2. The van der Waals surface area contributed by atoms with E-state index in [1.54, 1.807) is 36.4 Å². The molecule has 0 radical (unpaired) electrons. The van der Waals surface area contributed by atoms with Gasteiger partial charge in [-0.3, -0.25) is 13.9 Å². The fraction of sp³-hybridized carbons (Fsp3) is 0.375. The van der Waals surface area contributed by atoms with Crippen molar-refractivity contribution < 1.29 is 18.0 Å². The summed E-state index contributed by atoms with van der Waals surface area (Å²) in [6.07, 6.45) is 0.370. The van der Waals surface area contributed by atoms with Crippen molar-refractivity contribution in [3.05, 3.63) is 95.1 Å². The van der Waals surface area contributed by atoms with Gasteiger partial charge in [0.15, 0.2) is 0 Å². The van der Waals surface area contributed by atoms with Gasteiger partial charge in [0.25, 0.3) is 10.0 Å². The average molecular weight is 564 g/mol. The standard InChI is InChI=1S/C32H41N3O4S/c1-8-28(31(37)33-32(5,6)7)34(21-26-15-11-9-13-24(26)3)30(36)22-35(29-16-12-10-14-25(29)4)40(38,39)27-19-17-23(2)18-20-27/h9-20,28H,8,21-22H2,1-7H3,(H,33,37)/t28-/m0/s1. The van der Waals surface area contributed by atoms with E-state index in [1.807, 2.05) is 84.9 Å². The first-order valence-electron chi connectivity index (χ1n) is 13.6. The number of carbonyl (C=O) groups excluding carboxylic acids is 2. The Morgan fingerprint density at radius 1 is 0.850 bits per heavy atom. The van der Waals surface area contributed by atoms with Crippen LogP contribution in [0.1, 0.15) is 56.4 Å². The van der Waals surface area contributed by atoms with Crippen LogP contribution in [0.4, 0.5) is 5.69 Å². The van der Waals surface area contributed by atoms with Gasteiger partial charge in [0, 0.05) is 12.1 Å². The Hall–Kier alpha value is -3.65. The van der Waals surface area contributed by atoms with E-state index in [9.17, 15) is 18.0 Å². The van der Waals surface area contributed by atoms with Gasteiger partial charge >= 0.3 is 0 Å². The number of nitrogens with zero attached hydrogens (tertiary/aromatic N) is 2. The molecule has 3 rings (SSSR count). The zero-order valence-corrected chi connectivity index (χ0v) is 25.4. The highest BCUT2D eigenvalue weighted by molar-refractivity contribution is 7.92. The second-order valence-electron chi connectivity index (χ2n) is 11.2. The van der Waals surface area contributed by atoms with E-state index in [0.29, 0.717) is 17.7 Å². The molecule has 0 aromatic heterocycles. The molecular weight excluding hydrogens is 522 g/mol. The van der Waals surface area contributed by atoms with Crippen molar-refractivity contribution in [3.63, 3.8) is 0 Å². The largest absolute Gasteiger partial charge is 0.350 e. The van der Waals surface area contributed by atoms with E-state index < -0.39 is 34.1 Å². The van der Waals surface area contributed by atoms with Crippen molar-refractivity contribution in [1.29, 1.82) is 0 Å². The van der Waals surface area contributed by atoms with Crippen molar-refractivity contribution in [2.75, 3.05) is 10.8 Å². The lowest BCUT2D eigenvalue weighted by Crippen LogP contribution is -2.55. The van der Waals surface area contributed by atoms with Crippen molar-refractivity contribution >= 4 is 27.5 Å². The van der Waals surface area contributed by atoms with Gasteiger partial charge in [0.05, 0.1) is 10.6 Å². The second kappa shape index (κ2) is 12.7. The molecule has 214 valence electrons. The Balaban J connectivity index is 2.10. The number of aryl methyl sites for hydroxylation is 3. The predicted octanol–water partition coefficient (Wildman–Crippen LogP) is 5.53. The maximum atomic E-state index is 14.2. The van der Waals surface area contributed by atoms with Crippen LogP contribution in [0, 0.1) is 20.8 Å². The molecule has 2 amide bonds. The minimum absolute atomic E-state index is 0.0946. The molecule has 0 heterocycles. The molecule has 0 aliphatic carbocycles. The third-order valence-corrected chi connectivity index (χ3v) is 8.53. The number of hydrogen-bond donors (Lipinski definition) is 1. The summed E-state index contributed by atoms with van der Waals surface area (Å²) < 4.78 is 29.2. The summed E-state index contributed by atoms with van der Waals surface area (Å²) in [5.41, 5.74) is 3.44. The predicted molar refractivity (Wildman–Crippen MR) is 161 cm³/mol. The Kier molecular flexibility index (Phi) is 9.79. The molecule has 0 bridgehead atoms. The number of nitrogens with one attached hydrogen (secondary N) is 1. The van der Waals surface area contributed by atoms with E-state index >= 15 is 0 Å². The maximum Gasteiger partial charge on any atom is 0.264 e. The number of amides is 2. The van der Waals surface area contributed by atoms with Crippen LogP contribution in [-0.4, -0.2) is 43.3 Å². The summed E-state index contributed by atoms with van der Waals surface area (Å²) in [5.74, 6) is -0.737. The lowest BCUT2D eigenvalue weighted by molar-refractivity contribution is -0.141. The summed E-state index contributed by atoms with van der Waals surface area (Å²) in [6, 6.07) is 20.6. The van der Waals surface area contributed by atoms with Crippen LogP contribution in [0.15, 0.2) is 77.7 Å². The normalized spacial score (nSPS) is 12.5. The van der Waals surface area contributed by atoms with Gasteiger partial charge in [-0.1, -0.05) is 67.1 Å². The van der Waals surface area contributed by atoms with Gasteiger partial charge in [-0.25, -0.2) is 8.42 Å². The van der Waals surface area contributed by atoms with E-state index in [2.05, 4.69) is 5.32 Å². The molecule has 1 N–H and O–H groups in total. The van der Waals surface area contributed by atoms with Crippen LogP contribution in [0.2, 0.25) is 0 Å². The summed E-state index contributed by atoms with van der Waals surface area (Å²) in [6.45, 7) is 12.9. The van der Waals surface area contributed by atoms with Crippen LogP contribution < -0.4 is 9.62 Å². The third-order valence-electron chi connectivity index (χ3n) is 6.76. The van der Waals surface area contributed by atoms with Gasteiger partial charge < -0.3 is 10.2 Å². The zero-order valence-electron chi connectivity index (χ0n) is 24.6. The summed E-state index contributed by atoms with van der Waals surface area (Å²) in [5, 5.41) is 3.00. The second-order valence-corrected chi connectivity index (χ2v) is 13.1. The third kappa shape index (κ3) is 7.50. The minimum atomic E-state index is -4.10. The molecule has 3 aromatic carbocycles. The number of anilines is 1. The summed E-state index contributed by atoms with van der Waals surface area (Å²) >= 11 is 0. The number of carbonyl (C=O) groups is 2. The van der Waals surface area contributed by atoms with Gasteiger partial charge in [-0.15, -0.1) is 0 Å². The van der Waals surface area contributed by atoms with Crippen molar-refractivity contribution in [3.8, 4) is 0 Å². The van der Waals surface area contributed by atoms with E-state index in [-0.39, 0.29) is 17.3 Å². The van der Waals surface area contributed by atoms with Crippen LogP contribution in [-0.2, 0) is 26.2 Å². The van der Waals surface area contributed by atoms with Gasteiger partial charge in [-0.2, -0.15) is 0 Å². The lowest BCUT2D eigenvalue weighted by Gasteiger charge is -2.35. The number of hydrogen-bond acceptors (Lipinski definition) is 4. The number of para-hydroxylation sites is 1. The molecule has 3 aromatic rings. The fourth-order valence-electron chi connectivity index (χ4n) is 4.54. The molecule has 0 spiro atoms. The molecule has 0 saturated carbocycles. The first kappa shape index (κ1) is 30.9. The molecule has 0 saturated heterocycles. The molecular formula is C32H41N3O4S. The highest BCUT2D eigenvalue weighted by Gasteiger charge is 2.35. The van der Waals surface area contributed by atoms with Crippen LogP contribution in [0.3, 0.4) is 0 Å². The number of rotatable bonds is 10. The zero-order chi connectivity index (χ0) is 29.7. The molecule has 7 nitrogen and oxygen atoms in total. The molecule has 0 aliphatic rings. The topological polar surface area (TPSA) is 86.8 Å². The molecule has 1 atom stereocenters. The molecule has 40 heavy (non-hydrogen) atoms. The molecule has 0 aliphatic heterocycles. The highest BCUT2D eigenvalue weighted by Crippen LogP contribution is 2.28. The lowest BCUT2D eigenvalue weighted by atomic mass is 10.0. The number of sulfonamides is 1. The average Bonchev–Trinajstić information content (AvgIpc) is 2.88. The van der Waals surface area contributed by atoms with E-state index in [0.717, 1.165) is 21.0 Å². The van der Waals surface area contributed by atoms with Crippen LogP contribution in [0.25, 0.3) is 0 Å². The minimum Gasteiger partial charge on any atom is -0.350 e. The molecule has 0 unspecified atom stereocenters. The summed E-state index contributed by atoms with van der Waals surface area (Å²) in [7, 11) is -4.10. The van der Waals surface area contributed by atoms with Gasteiger partial charge in [0.1, 0.15) is 12.6 Å². The van der Waals surface area contributed by atoms with Crippen LogP contribution in [0.5, 0.6) is 0 Å². The Bertz CT molecular complexity index is 1440. The quantitative estimate of drug-likeness (QED) is 0.352. The van der Waals surface area contributed by atoms with Crippen molar-refractivity contribution in [2.24, 2.45) is 0 Å². The van der Waals surface area contributed by atoms with Gasteiger partial charge in [-0.05, 0) is 82.9 Å². The van der Waals surface area contributed by atoms with E-state index in [4.69, 9.17) is 0 Å². The fourth-order valence-corrected chi connectivity index (χ4v) is 6.02. The molecule has 8 heteroatoms. The van der Waals surface area contributed by atoms with Crippen LogP contribution >= 0.6 is 0 Å². The SMILES string of the molecule is CC[C@@H](C(=O)NC(C)(C)C)N(Cc1ccccc1C)C(=O)CN(c1ccccc1C)S(=O)(=O)c1ccc(C)cc1. The smallest absolute Gasteiger partial charge is 0.264 e. The van der Waals surface area contributed by atoms with Crippen molar-refractivity contribution in [1.82, 2.24) is 10.2 Å².